The van der Waals surface area contributed by atoms with Crippen molar-refractivity contribution in [2.24, 2.45) is 5.73 Å². The largest absolute Gasteiger partial charge is 0.329 e. The first kappa shape index (κ1) is 9.12. The monoisotopic (exact) mass is 169 g/mol. The van der Waals surface area contributed by atoms with Crippen molar-refractivity contribution < 1.29 is 0 Å². The Bertz CT molecular complexity index is 219. The molecule has 0 aliphatic rings. The summed E-state index contributed by atoms with van der Waals surface area (Å²) in [7, 11) is 0. The van der Waals surface area contributed by atoms with Gasteiger partial charge in [-0.25, -0.2) is 0 Å². The van der Waals surface area contributed by atoms with Crippen LogP contribution in [-0.4, -0.2) is 26.8 Å². The number of nitrogens with zero attached hydrogens (tertiary/aromatic N) is 4. The lowest BCUT2D eigenvalue weighted by molar-refractivity contribution is 0.528. The molecule has 0 spiro atoms. The normalized spacial score (nSPS) is 10.5. The molecule has 0 amide bonds. The number of rotatable bonds is 5. The first-order valence-electron chi connectivity index (χ1n) is 4.33. The number of aromatic nitrogens is 4. The number of hydrogen-bond acceptors (Lipinski definition) is 4. The highest BCUT2D eigenvalue weighted by Crippen LogP contribution is 1.95. The topological polar surface area (TPSA) is 69.6 Å². The van der Waals surface area contributed by atoms with Crippen LogP contribution in [0.15, 0.2) is 0 Å². The third-order valence-corrected chi connectivity index (χ3v) is 1.58. The first-order valence-corrected chi connectivity index (χ1v) is 4.33. The van der Waals surface area contributed by atoms with E-state index in [1.54, 1.807) is 4.80 Å². The minimum atomic E-state index is 0.559. The van der Waals surface area contributed by atoms with E-state index >= 15 is 0 Å². The maximum Gasteiger partial charge on any atom is 0.174 e. The molecule has 0 aromatic carbocycles. The summed E-state index contributed by atoms with van der Waals surface area (Å²) in [6.07, 6.45) is 3.20. The summed E-state index contributed by atoms with van der Waals surface area (Å²) in [5.41, 5.74) is 5.34. The van der Waals surface area contributed by atoms with Crippen LogP contribution in [0.4, 0.5) is 0 Å². The quantitative estimate of drug-likeness (QED) is 0.672. The van der Waals surface area contributed by atoms with Crippen molar-refractivity contribution in [1.29, 1.82) is 0 Å². The Morgan fingerprint density at radius 1 is 1.50 bits per heavy atom. The molecule has 2 N–H and O–H groups in total. The van der Waals surface area contributed by atoms with Crippen LogP contribution in [0.5, 0.6) is 0 Å². The highest BCUT2D eigenvalue weighted by Gasteiger charge is 1.99. The molecule has 0 radical (unpaired) electrons. The highest BCUT2D eigenvalue weighted by molar-refractivity contribution is 4.76. The number of unbranched alkanes of at least 4 members (excludes halogenated alkanes) is 1. The average molecular weight is 169 g/mol. The Labute approximate surface area is 71.9 Å². The number of hydrogen-bond donors (Lipinski definition) is 1. The van der Waals surface area contributed by atoms with Crippen LogP contribution in [0.1, 0.15) is 25.6 Å². The van der Waals surface area contributed by atoms with Crippen molar-refractivity contribution in [2.45, 2.75) is 32.7 Å². The van der Waals surface area contributed by atoms with Crippen LogP contribution in [-0.2, 0) is 13.0 Å². The van der Waals surface area contributed by atoms with Crippen molar-refractivity contribution >= 4 is 0 Å². The van der Waals surface area contributed by atoms with Crippen LogP contribution < -0.4 is 5.73 Å². The van der Waals surface area contributed by atoms with Gasteiger partial charge < -0.3 is 5.73 Å². The Hall–Kier alpha value is -0.970. The molecule has 68 valence electrons. The molecule has 0 aliphatic carbocycles. The van der Waals surface area contributed by atoms with Gasteiger partial charge in [0.15, 0.2) is 5.82 Å². The van der Waals surface area contributed by atoms with E-state index in [2.05, 4.69) is 22.3 Å². The zero-order valence-electron chi connectivity index (χ0n) is 7.40. The fraction of sp³-hybridized carbons (Fsp3) is 0.857. The summed E-state index contributed by atoms with van der Waals surface area (Å²) < 4.78 is 0. The maximum atomic E-state index is 5.34. The molecule has 1 rings (SSSR count). The Kier molecular flexibility index (Phi) is 3.66. The number of tetrazole rings is 1. The molecule has 0 atom stereocenters. The second-order valence-electron chi connectivity index (χ2n) is 2.69. The minimum absolute atomic E-state index is 0.559. The molecule has 0 saturated carbocycles. The number of aryl methyl sites for hydroxylation is 1. The van der Waals surface area contributed by atoms with E-state index in [1.165, 1.54) is 0 Å². The number of nitrogens with two attached hydrogens (primary N) is 1. The average Bonchev–Trinajstić information content (AvgIpc) is 2.50. The molecule has 1 aromatic heterocycles. The van der Waals surface area contributed by atoms with Gasteiger partial charge in [-0.1, -0.05) is 13.3 Å². The van der Waals surface area contributed by atoms with Gasteiger partial charge in [0.1, 0.15) is 0 Å². The van der Waals surface area contributed by atoms with Crippen LogP contribution in [0, 0.1) is 0 Å². The summed E-state index contributed by atoms with van der Waals surface area (Å²) in [6, 6.07) is 0. The van der Waals surface area contributed by atoms with Crippen LogP contribution in [0.25, 0.3) is 0 Å². The first-order chi connectivity index (χ1) is 5.86. The molecule has 1 aromatic rings. The maximum absolute atomic E-state index is 5.34. The molecule has 0 unspecified atom stereocenters. The molecule has 5 nitrogen and oxygen atoms in total. The third-order valence-electron chi connectivity index (χ3n) is 1.58. The van der Waals surface area contributed by atoms with Gasteiger partial charge in [-0.05, 0) is 11.6 Å². The van der Waals surface area contributed by atoms with E-state index in [0.717, 1.165) is 25.1 Å². The summed E-state index contributed by atoms with van der Waals surface area (Å²) in [5, 5.41) is 11.9. The van der Waals surface area contributed by atoms with E-state index in [-0.39, 0.29) is 0 Å². The fourth-order valence-electron chi connectivity index (χ4n) is 0.922. The van der Waals surface area contributed by atoms with Gasteiger partial charge in [-0.15, -0.1) is 10.2 Å². The van der Waals surface area contributed by atoms with Crippen molar-refractivity contribution in [3.05, 3.63) is 5.82 Å². The van der Waals surface area contributed by atoms with Crippen LogP contribution >= 0.6 is 0 Å². The Balaban J connectivity index is 2.41. The lowest BCUT2D eigenvalue weighted by Gasteiger charge is -1.91. The molecule has 5 heteroatoms. The van der Waals surface area contributed by atoms with Gasteiger partial charge in [0.05, 0.1) is 6.54 Å². The van der Waals surface area contributed by atoms with Gasteiger partial charge in [0.25, 0.3) is 0 Å². The van der Waals surface area contributed by atoms with Crippen LogP contribution in [0.2, 0.25) is 0 Å². The molecule has 0 bridgehead atoms. The van der Waals surface area contributed by atoms with E-state index < -0.39 is 0 Å². The van der Waals surface area contributed by atoms with Crippen molar-refractivity contribution in [3.8, 4) is 0 Å². The van der Waals surface area contributed by atoms with Gasteiger partial charge in [-0.3, -0.25) is 0 Å². The molecular formula is C7H15N5. The summed E-state index contributed by atoms with van der Waals surface area (Å²) in [6.45, 7) is 3.35. The molecule has 0 aliphatic heterocycles. The van der Waals surface area contributed by atoms with E-state index in [0.29, 0.717) is 13.1 Å². The fourth-order valence-corrected chi connectivity index (χ4v) is 0.922. The smallest absolute Gasteiger partial charge is 0.174 e. The van der Waals surface area contributed by atoms with Crippen LogP contribution in [0.3, 0.4) is 0 Å². The zero-order chi connectivity index (χ0) is 8.81. The van der Waals surface area contributed by atoms with Crippen molar-refractivity contribution in [2.75, 3.05) is 6.54 Å². The van der Waals surface area contributed by atoms with Gasteiger partial charge in [0, 0.05) is 13.0 Å². The van der Waals surface area contributed by atoms with Gasteiger partial charge in [-0.2, -0.15) is 4.80 Å². The predicted molar refractivity (Wildman–Crippen MR) is 45.5 cm³/mol. The van der Waals surface area contributed by atoms with E-state index in [1.807, 2.05) is 0 Å². The minimum Gasteiger partial charge on any atom is -0.329 e. The SMILES string of the molecule is CCCCc1nnn(CCN)n1. The molecular weight excluding hydrogens is 154 g/mol. The highest BCUT2D eigenvalue weighted by atomic mass is 15.6. The Morgan fingerprint density at radius 2 is 2.33 bits per heavy atom. The second kappa shape index (κ2) is 4.82. The summed E-state index contributed by atoms with van der Waals surface area (Å²) in [5.74, 6) is 0.824. The lowest BCUT2D eigenvalue weighted by atomic mass is 10.2. The van der Waals surface area contributed by atoms with E-state index in [9.17, 15) is 0 Å². The van der Waals surface area contributed by atoms with Crippen molar-refractivity contribution in [3.63, 3.8) is 0 Å². The van der Waals surface area contributed by atoms with E-state index in [4.69, 9.17) is 5.73 Å². The summed E-state index contributed by atoms with van der Waals surface area (Å²) in [4.78, 5) is 1.55. The molecule has 0 fully saturated rings. The second-order valence-corrected chi connectivity index (χ2v) is 2.69. The molecule has 12 heavy (non-hydrogen) atoms. The van der Waals surface area contributed by atoms with Gasteiger partial charge in [0.2, 0.25) is 0 Å². The third kappa shape index (κ3) is 2.58. The summed E-state index contributed by atoms with van der Waals surface area (Å²) >= 11 is 0. The standard InChI is InChI=1S/C7H15N5/c1-2-3-4-7-9-11-12(10-7)6-5-8/h2-6,8H2,1H3. The lowest BCUT2D eigenvalue weighted by Crippen LogP contribution is -2.12. The predicted octanol–water partition coefficient (Wildman–Crippen LogP) is -0.0256. The molecule has 0 saturated heterocycles. The zero-order valence-corrected chi connectivity index (χ0v) is 7.40. The van der Waals surface area contributed by atoms with Crippen molar-refractivity contribution in [1.82, 2.24) is 20.2 Å². The Morgan fingerprint density at radius 3 is 3.00 bits per heavy atom. The van der Waals surface area contributed by atoms with Gasteiger partial charge >= 0.3 is 0 Å². The molecule has 1 heterocycles.